The molecular formula is C13H13ClFNO. The third kappa shape index (κ3) is 2.35. The van der Waals surface area contributed by atoms with Crippen molar-refractivity contribution < 1.29 is 8.81 Å². The van der Waals surface area contributed by atoms with Crippen LogP contribution in [0.15, 0.2) is 34.7 Å². The molecule has 0 radical (unpaired) electrons. The molecule has 0 aliphatic heterocycles. The Kier molecular flexibility index (Phi) is 3.50. The summed E-state index contributed by atoms with van der Waals surface area (Å²) < 4.78 is 18.9. The molecule has 1 aromatic heterocycles. The van der Waals surface area contributed by atoms with Crippen LogP contribution >= 0.6 is 11.6 Å². The Hall–Kier alpha value is -1.32. The van der Waals surface area contributed by atoms with Gasteiger partial charge in [0.25, 0.3) is 0 Å². The number of hydrogen-bond acceptors (Lipinski definition) is 2. The molecule has 2 rings (SSSR count). The largest absolute Gasteiger partial charge is 0.464 e. The smallest absolute Gasteiger partial charge is 0.142 e. The molecule has 1 N–H and O–H groups in total. The van der Waals surface area contributed by atoms with Crippen LogP contribution in [-0.4, -0.2) is 7.05 Å². The van der Waals surface area contributed by atoms with Crippen molar-refractivity contribution in [2.45, 2.75) is 13.0 Å². The van der Waals surface area contributed by atoms with Crippen LogP contribution in [0.5, 0.6) is 0 Å². The second-order valence-electron chi connectivity index (χ2n) is 3.81. The second-order valence-corrected chi connectivity index (χ2v) is 4.19. The lowest BCUT2D eigenvalue weighted by atomic mass is 10.0. The van der Waals surface area contributed by atoms with Gasteiger partial charge in [0.1, 0.15) is 17.3 Å². The van der Waals surface area contributed by atoms with E-state index < -0.39 is 5.82 Å². The Labute approximate surface area is 104 Å². The zero-order chi connectivity index (χ0) is 12.4. The summed E-state index contributed by atoms with van der Waals surface area (Å²) >= 11 is 5.97. The molecule has 17 heavy (non-hydrogen) atoms. The molecule has 4 heteroatoms. The van der Waals surface area contributed by atoms with Gasteiger partial charge in [0.15, 0.2) is 0 Å². The van der Waals surface area contributed by atoms with E-state index in [4.69, 9.17) is 16.0 Å². The Balaban J connectivity index is 2.45. The van der Waals surface area contributed by atoms with Crippen LogP contribution in [0.25, 0.3) is 0 Å². The first-order valence-electron chi connectivity index (χ1n) is 5.31. The van der Waals surface area contributed by atoms with Gasteiger partial charge in [-0.3, -0.25) is 0 Å². The fraction of sp³-hybridized carbons (Fsp3) is 0.231. The maximum absolute atomic E-state index is 13.4. The summed E-state index contributed by atoms with van der Waals surface area (Å²) in [5.74, 6) is 1.11. The highest BCUT2D eigenvalue weighted by Crippen LogP contribution is 2.30. The minimum absolute atomic E-state index is 0.126. The van der Waals surface area contributed by atoms with Crippen molar-refractivity contribution in [3.05, 3.63) is 58.3 Å². The van der Waals surface area contributed by atoms with E-state index in [1.54, 1.807) is 19.2 Å². The molecule has 0 aliphatic rings. The standard InChI is InChI=1S/C13H13ClFNO/c1-8-6-7-11(17-8)13(16-2)9-4-3-5-10(15)12(9)14/h3-7,13,16H,1-2H3. The van der Waals surface area contributed by atoms with Crippen molar-refractivity contribution in [2.24, 2.45) is 0 Å². The van der Waals surface area contributed by atoms with E-state index in [0.717, 1.165) is 11.5 Å². The normalized spacial score (nSPS) is 12.7. The highest BCUT2D eigenvalue weighted by Gasteiger charge is 2.19. The van der Waals surface area contributed by atoms with E-state index in [-0.39, 0.29) is 11.1 Å². The number of aryl methyl sites for hydroxylation is 1. The Morgan fingerprint density at radius 1 is 1.29 bits per heavy atom. The number of nitrogens with one attached hydrogen (secondary N) is 1. The van der Waals surface area contributed by atoms with Crippen LogP contribution in [0, 0.1) is 12.7 Å². The number of halogens is 2. The zero-order valence-electron chi connectivity index (χ0n) is 9.63. The Bertz CT molecular complexity index is 524. The van der Waals surface area contributed by atoms with Gasteiger partial charge in [-0.15, -0.1) is 0 Å². The maximum Gasteiger partial charge on any atom is 0.142 e. The van der Waals surface area contributed by atoms with E-state index in [2.05, 4.69) is 5.32 Å². The van der Waals surface area contributed by atoms with Crippen molar-refractivity contribution in [3.8, 4) is 0 Å². The predicted molar refractivity (Wildman–Crippen MR) is 65.8 cm³/mol. The Morgan fingerprint density at radius 2 is 2.06 bits per heavy atom. The van der Waals surface area contributed by atoms with Crippen LogP contribution in [0.1, 0.15) is 23.1 Å². The van der Waals surface area contributed by atoms with Gasteiger partial charge in [0.05, 0.1) is 11.1 Å². The molecule has 2 nitrogen and oxygen atoms in total. The van der Waals surface area contributed by atoms with E-state index in [1.165, 1.54) is 6.07 Å². The molecule has 0 fully saturated rings. The van der Waals surface area contributed by atoms with Crippen LogP contribution in [0.3, 0.4) is 0 Å². The first kappa shape index (κ1) is 12.1. The summed E-state index contributed by atoms with van der Waals surface area (Å²) in [4.78, 5) is 0. The fourth-order valence-corrected chi connectivity index (χ4v) is 2.04. The summed E-state index contributed by atoms with van der Waals surface area (Å²) in [6.45, 7) is 1.86. The zero-order valence-corrected chi connectivity index (χ0v) is 10.4. The Morgan fingerprint density at radius 3 is 2.65 bits per heavy atom. The van der Waals surface area contributed by atoms with Gasteiger partial charge in [0, 0.05) is 0 Å². The summed E-state index contributed by atoms with van der Waals surface area (Å²) in [7, 11) is 1.78. The molecule has 0 saturated carbocycles. The van der Waals surface area contributed by atoms with Crippen molar-refractivity contribution in [1.82, 2.24) is 5.32 Å². The average molecular weight is 254 g/mol. The molecule has 1 atom stereocenters. The minimum Gasteiger partial charge on any atom is -0.464 e. The number of furan rings is 1. The third-order valence-electron chi connectivity index (χ3n) is 2.63. The lowest BCUT2D eigenvalue weighted by Crippen LogP contribution is -2.17. The van der Waals surface area contributed by atoms with E-state index in [0.29, 0.717) is 5.56 Å². The minimum atomic E-state index is -0.423. The van der Waals surface area contributed by atoms with Gasteiger partial charge in [0.2, 0.25) is 0 Å². The molecule has 0 spiro atoms. The molecule has 1 aromatic carbocycles. The van der Waals surface area contributed by atoms with Gasteiger partial charge in [-0.25, -0.2) is 4.39 Å². The lowest BCUT2D eigenvalue weighted by molar-refractivity contribution is 0.443. The van der Waals surface area contributed by atoms with E-state index in [9.17, 15) is 4.39 Å². The van der Waals surface area contributed by atoms with Gasteiger partial charge < -0.3 is 9.73 Å². The van der Waals surface area contributed by atoms with Crippen molar-refractivity contribution in [2.75, 3.05) is 7.05 Å². The quantitative estimate of drug-likeness (QED) is 0.903. The van der Waals surface area contributed by atoms with E-state index in [1.807, 2.05) is 19.1 Å². The lowest BCUT2D eigenvalue weighted by Gasteiger charge is -2.15. The predicted octanol–water partition coefficient (Wildman–Crippen LogP) is 3.69. The maximum atomic E-state index is 13.4. The summed E-state index contributed by atoms with van der Waals surface area (Å²) in [5, 5.41) is 3.20. The first-order valence-corrected chi connectivity index (χ1v) is 5.68. The molecule has 1 heterocycles. The highest BCUT2D eigenvalue weighted by atomic mass is 35.5. The molecular weight excluding hydrogens is 241 g/mol. The first-order chi connectivity index (χ1) is 8.13. The summed E-state index contributed by atoms with van der Waals surface area (Å²) in [6, 6.07) is 8.24. The van der Waals surface area contributed by atoms with Crippen molar-refractivity contribution in [3.63, 3.8) is 0 Å². The molecule has 0 aliphatic carbocycles. The number of hydrogen-bond donors (Lipinski definition) is 1. The molecule has 0 bridgehead atoms. The summed E-state index contributed by atoms with van der Waals surface area (Å²) in [6.07, 6.45) is 0. The van der Waals surface area contributed by atoms with Gasteiger partial charge >= 0.3 is 0 Å². The van der Waals surface area contributed by atoms with E-state index >= 15 is 0 Å². The van der Waals surface area contributed by atoms with Crippen LogP contribution in [-0.2, 0) is 0 Å². The van der Waals surface area contributed by atoms with Gasteiger partial charge in [-0.2, -0.15) is 0 Å². The second kappa shape index (κ2) is 4.90. The third-order valence-corrected chi connectivity index (χ3v) is 3.03. The average Bonchev–Trinajstić information content (AvgIpc) is 2.72. The molecule has 1 unspecified atom stereocenters. The number of rotatable bonds is 3. The van der Waals surface area contributed by atoms with Crippen LogP contribution < -0.4 is 5.32 Å². The van der Waals surface area contributed by atoms with Gasteiger partial charge in [-0.1, -0.05) is 23.7 Å². The highest BCUT2D eigenvalue weighted by molar-refractivity contribution is 6.31. The number of benzene rings is 1. The van der Waals surface area contributed by atoms with Crippen molar-refractivity contribution in [1.29, 1.82) is 0 Å². The van der Waals surface area contributed by atoms with Crippen molar-refractivity contribution >= 4 is 11.6 Å². The summed E-state index contributed by atoms with van der Waals surface area (Å²) in [5.41, 5.74) is 0.670. The molecule has 0 amide bonds. The topological polar surface area (TPSA) is 25.2 Å². The molecule has 90 valence electrons. The molecule has 2 aromatic rings. The van der Waals surface area contributed by atoms with Crippen LogP contribution in [0.4, 0.5) is 4.39 Å². The SMILES string of the molecule is CNC(c1ccc(C)o1)c1cccc(F)c1Cl. The van der Waals surface area contributed by atoms with Crippen LogP contribution in [0.2, 0.25) is 5.02 Å². The molecule has 0 saturated heterocycles. The monoisotopic (exact) mass is 253 g/mol. The fourth-order valence-electron chi connectivity index (χ4n) is 1.80. The van der Waals surface area contributed by atoms with Gasteiger partial charge in [-0.05, 0) is 37.7 Å².